The second kappa shape index (κ2) is 5.17. The van der Waals surface area contributed by atoms with E-state index in [1.807, 2.05) is 6.92 Å². The molecule has 108 valence electrons. The average molecular weight is 277 g/mol. The molecule has 20 heavy (non-hydrogen) atoms. The third-order valence-corrected chi connectivity index (χ3v) is 3.32. The van der Waals surface area contributed by atoms with Crippen molar-refractivity contribution >= 4 is 5.91 Å². The lowest BCUT2D eigenvalue weighted by Crippen LogP contribution is -2.38. The van der Waals surface area contributed by atoms with Gasteiger partial charge in [-0.2, -0.15) is 0 Å². The summed E-state index contributed by atoms with van der Waals surface area (Å²) in [6.45, 7) is 7.07. The molecule has 0 aromatic carbocycles. The number of aliphatic hydroxyl groups is 1. The van der Waals surface area contributed by atoms with Crippen molar-refractivity contribution in [2.45, 2.75) is 33.3 Å². The molecule has 0 bridgehead atoms. The van der Waals surface area contributed by atoms with E-state index in [2.05, 4.69) is 5.32 Å². The summed E-state index contributed by atoms with van der Waals surface area (Å²) >= 11 is 0. The molecular weight excluding hydrogens is 258 g/mol. The first-order valence-electron chi connectivity index (χ1n) is 6.43. The first-order chi connectivity index (χ1) is 9.31. The zero-order valence-electron chi connectivity index (χ0n) is 12.1. The van der Waals surface area contributed by atoms with Gasteiger partial charge in [0.25, 0.3) is 5.91 Å². The molecule has 0 aliphatic rings. The molecule has 0 radical (unpaired) electrons. The van der Waals surface area contributed by atoms with Gasteiger partial charge in [0.1, 0.15) is 22.9 Å². The largest absolute Gasteiger partial charge is 0.469 e. The van der Waals surface area contributed by atoms with Gasteiger partial charge in [0.05, 0.1) is 18.4 Å². The zero-order valence-corrected chi connectivity index (χ0v) is 12.1. The minimum atomic E-state index is -1.19. The summed E-state index contributed by atoms with van der Waals surface area (Å²) in [6.07, 6.45) is 1.46. The maximum Gasteiger partial charge on any atom is 0.254 e. The van der Waals surface area contributed by atoms with Gasteiger partial charge < -0.3 is 19.3 Å². The molecule has 5 nitrogen and oxygen atoms in total. The molecular formula is C15H19NO4. The van der Waals surface area contributed by atoms with Crippen LogP contribution in [0.4, 0.5) is 0 Å². The van der Waals surface area contributed by atoms with Gasteiger partial charge in [-0.1, -0.05) is 0 Å². The molecule has 0 fully saturated rings. The average Bonchev–Trinajstić information content (AvgIpc) is 2.92. The summed E-state index contributed by atoms with van der Waals surface area (Å²) in [4.78, 5) is 12.0. The van der Waals surface area contributed by atoms with E-state index in [0.717, 1.165) is 5.76 Å². The van der Waals surface area contributed by atoms with Crippen LogP contribution in [0.5, 0.6) is 0 Å². The topological polar surface area (TPSA) is 75.6 Å². The molecule has 0 saturated carbocycles. The summed E-state index contributed by atoms with van der Waals surface area (Å²) in [6, 6.07) is 3.39. The van der Waals surface area contributed by atoms with Crippen LogP contribution in [0.25, 0.3) is 0 Å². The zero-order chi connectivity index (χ0) is 14.9. The molecule has 2 rings (SSSR count). The van der Waals surface area contributed by atoms with E-state index in [1.165, 1.54) is 6.26 Å². The normalized spacial score (nSPS) is 14.1. The Bertz CT molecular complexity index is 622. The third kappa shape index (κ3) is 2.77. The van der Waals surface area contributed by atoms with Crippen LogP contribution in [0.15, 0.2) is 27.2 Å². The standard InChI is InChI=1S/C15H19NO4/c1-9-7-13(11(3)20-9)15(4,18)8-16-14(17)12-5-6-19-10(12)2/h5-7,18H,8H2,1-4H3,(H,16,17). The van der Waals surface area contributed by atoms with Crippen LogP contribution in [-0.4, -0.2) is 17.6 Å². The van der Waals surface area contributed by atoms with Crippen LogP contribution in [0.3, 0.4) is 0 Å². The van der Waals surface area contributed by atoms with Crippen molar-refractivity contribution in [2.24, 2.45) is 0 Å². The lowest BCUT2D eigenvalue weighted by molar-refractivity contribution is 0.0513. The quantitative estimate of drug-likeness (QED) is 0.900. The highest BCUT2D eigenvalue weighted by molar-refractivity contribution is 5.95. The van der Waals surface area contributed by atoms with Gasteiger partial charge in [0.2, 0.25) is 0 Å². The summed E-state index contributed by atoms with van der Waals surface area (Å²) < 4.78 is 10.5. The number of nitrogens with one attached hydrogen (secondary N) is 1. The number of hydrogen-bond acceptors (Lipinski definition) is 4. The molecule has 2 N–H and O–H groups in total. The van der Waals surface area contributed by atoms with E-state index < -0.39 is 5.60 Å². The SMILES string of the molecule is Cc1cc(C(C)(O)CNC(=O)c2ccoc2C)c(C)o1. The highest BCUT2D eigenvalue weighted by atomic mass is 16.3. The van der Waals surface area contributed by atoms with Gasteiger partial charge in [-0.05, 0) is 39.8 Å². The van der Waals surface area contributed by atoms with E-state index in [1.54, 1.807) is 32.9 Å². The number of hydrogen-bond donors (Lipinski definition) is 2. The number of furan rings is 2. The molecule has 2 aromatic rings. The molecule has 5 heteroatoms. The maximum absolute atomic E-state index is 12.0. The molecule has 0 spiro atoms. The van der Waals surface area contributed by atoms with Gasteiger partial charge in [-0.25, -0.2) is 0 Å². The summed E-state index contributed by atoms with van der Waals surface area (Å²) in [5, 5.41) is 13.2. The minimum absolute atomic E-state index is 0.0935. The van der Waals surface area contributed by atoms with Crippen LogP contribution in [0.2, 0.25) is 0 Å². The fourth-order valence-electron chi connectivity index (χ4n) is 2.23. The van der Waals surface area contributed by atoms with Crippen molar-refractivity contribution in [3.63, 3.8) is 0 Å². The van der Waals surface area contributed by atoms with Crippen molar-refractivity contribution < 1.29 is 18.7 Å². The highest BCUT2D eigenvalue weighted by Crippen LogP contribution is 2.26. The monoisotopic (exact) mass is 277 g/mol. The number of aryl methyl sites for hydroxylation is 3. The van der Waals surface area contributed by atoms with Crippen molar-refractivity contribution in [3.8, 4) is 0 Å². The number of carbonyl (C=O) groups excluding carboxylic acids is 1. The van der Waals surface area contributed by atoms with Gasteiger partial charge >= 0.3 is 0 Å². The van der Waals surface area contributed by atoms with Crippen molar-refractivity contribution in [2.75, 3.05) is 6.54 Å². The Kier molecular flexibility index (Phi) is 3.72. The van der Waals surface area contributed by atoms with E-state index in [4.69, 9.17) is 8.83 Å². The smallest absolute Gasteiger partial charge is 0.254 e. The lowest BCUT2D eigenvalue weighted by atomic mass is 9.96. The van der Waals surface area contributed by atoms with E-state index in [-0.39, 0.29) is 12.5 Å². The molecule has 0 aliphatic heterocycles. The van der Waals surface area contributed by atoms with Crippen LogP contribution in [-0.2, 0) is 5.60 Å². The van der Waals surface area contributed by atoms with E-state index in [9.17, 15) is 9.90 Å². The first-order valence-corrected chi connectivity index (χ1v) is 6.43. The second-order valence-electron chi connectivity index (χ2n) is 5.17. The van der Waals surface area contributed by atoms with Gasteiger partial charge in [0.15, 0.2) is 0 Å². The Hall–Kier alpha value is -2.01. The Morgan fingerprint density at radius 2 is 2.05 bits per heavy atom. The van der Waals surface area contributed by atoms with Gasteiger partial charge in [0, 0.05) is 5.56 Å². The molecule has 1 unspecified atom stereocenters. The molecule has 0 aliphatic carbocycles. The number of amides is 1. The van der Waals surface area contributed by atoms with Crippen molar-refractivity contribution in [3.05, 3.63) is 46.8 Å². The van der Waals surface area contributed by atoms with E-state index >= 15 is 0 Å². The summed E-state index contributed by atoms with van der Waals surface area (Å²) in [7, 11) is 0. The third-order valence-electron chi connectivity index (χ3n) is 3.32. The molecule has 1 atom stereocenters. The fraction of sp³-hybridized carbons (Fsp3) is 0.400. The predicted molar refractivity (Wildman–Crippen MR) is 73.5 cm³/mol. The maximum atomic E-state index is 12.0. The van der Waals surface area contributed by atoms with Gasteiger partial charge in [-0.3, -0.25) is 4.79 Å². The summed E-state index contributed by atoms with van der Waals surface area (Å²) in [5.74, 6) is 1.67. The molecule has 2 heterocycles. The number of carbonyl (C=O) groups is 1. The lowest BCUT2D eigenvalue weighted by Gasteiger charge is -2.23. The predicted octanol–water partition coefficient (Wildman–Crippen LogP) is 2.44. The fourth-order valence-corrected chi connectivity index (χ4v) is 2.23. The summed E-state index contributed by atoms with van der Waals surface area (Å²) in [5.41, 5.74) is -0.0325. The van der Waals surface area contributed by atoms with Crippen molar-refractivity contribution in [1.82, 2.24) is 5.32 Å². The van der Waals surface area contributed by atoms with Gasteiger partial charge in [-0.15, -0.1) is 0 Å². The van der Waals surface area contributed by atoms with Crippen LogP contribution in [0, 0.1) is 20.8 Å². The van der Waals surface area contributed by atoms with Crippen LogP contribution < -0.4 is 5.32 Å². The number of rotatable bonds is 4. The Morgan fingerprint density at radius 3 is 2.55 bits per heavy atom. The Balaban J connectivity index is 2.08. The highest BCUT2D eigenvalue weighted by Gasteiger charge is 2.28. The van der Waals surface area contributed by atoms with E-state index in [0.29, 0.717) is 22.6 Å². The van der Waals surface area contributed by atoms with Crippen LogP contribution in [0.1, 0.15) is 40.1 Å². The Labute approximate surface area is 117 Å². The Morgan fingerprint density at radius 1 is 1.35 bits per heavy atom. The molecule has 0 saturated heterocycles. The second-order valence-corrected chi connectivity index (χ2v) is 5.17. The minimum Gasteiger partial charge on any atom is -0.469 e. The molecule has 1 amide bonds. The molecule has 2 aromatic heterocycles. The first kappa shape index (κ1) is 14.4. The van der Waals surface area contributed by atoms with Crippen LogP contribution >= 0.6 is 0 Å². The van der Waals surface area contributed by atoms with Crippen molar-refractivity contribution in [1.29, 1.82) is 0 Å².